The fourth-order valence-electron chi connectivity index (χ4n) is 1.20. The van der Waals surface area contributed by atoms with Gasteiger partial charge in [0.25, 0.3) is 12.0 Å². The minimum absolute atomic E-state index is 0.0706. The van der Waals surface area contributed by atoms with E-state index in [9.17, 15) is 18.4 Å². The Morgan fingerprint density at radius 1 is 1.62 bits per heavy atom. The number of rotatable bonds is 3. The topological polar surface area (TPSA) is 85.2 Å². The van der Waals surface area contributed by atoms with Gasteiger partial charge in [0, 0.05) is 12.2 Å². The highest BCUT2D eigenvalue weighted by Crippen LogP contribution is 2.17. The first kappa shape index (κ1) is 12.3. The molecule has 7 heteroatoms. The van der Waals surface area contributed by atoms with Crippen molar-refractivity contribution in [1.82, 2.24) is 4.98 Å². The molecule has 0 radical (unpaired) electrons. The number of hydrogen-bond acceptors (Lipinski definition) is 4. The van der Waals surface area contributed by atoms with E-state index in [0.29, 0.717) is 0 Å². The first-order valence-electron chi connectivity index (χ1n) is 4.33. The number of methoxy groups -OCH3 is 1. The van der Waals surface area contributed by atoms with Gasteiger partial charge >= 0.3 is 5.97 Å². The van der Waals surface area contributed by atoms with E-state index in [1.54, 1.807) is 0 Å². The van der Waals surface area contributed by atoms with E-state index in [2.05, 4.69) is 9.72 Å². The summed E-state index contributed by atoms with van der Waals surface area (Å²) in [7, 11) is 1.11. The number of halogens is 2. The highest BCUT2D eigenvalue weighted by Gasteiger charge is 2.19. The van der Waals surface area contributed by atoms with Gasteiger partial charge in [-0.3, -0.25) is 4.79 Å². The number of aromatic amines is 1. The molecule has 0 aliphatic heterocycles. The summed E-state index contributed by atoms with van der Waals surface area (Å²) in [5.74, 6) is -0.821. The van der Waals surface area contributed by atoms with Crippen LogP contribution in [-0.2, 0) is 11.3 Å². The molecule has 16 heavy (non-hydrogen) atoms. The molecule has 3 N–H and O–H groups in total. The Hall–Kier alpha value is -1.76. The zero-order valence-electron chi connectivity index (χ0n) is 8.42. The summed E-state index contributed by atoms with van der Waals surface area (Å²) in [6.45, 7) is -0.150. The second kappa shape index (κ2) is 4.84. The van der Waals surface area contributed by atoms with E-state index in [1.807, 2.05) is 0 Å². The van der Waals surface area contributed by atoms with Crippen LogP contribution in [0.25, 0.3) is 0 Å². The number of esters is 1. The number of carbonyl (C=O) groups is 1. The van der Waals surface area contributed by atoms with Crippen molar-refractivity contribution in [1.29, 1.82) is 0 Å². The second-order valence-electron chi connectivity index (χ2n) is 2.94. The molecule has 1 rings (SSSR count). The standard InChI is InChI=1S/C9H10F2N2O3/c1-16-9(15)4-2-5(7(10)11)8(14)13-6(4)3-12/h2,7H,3,12H2,1H3,(H,13,14). The SMILES string of the molecule is COC(=O)c1cc(C(F)F)c(=O)[nH]c1CN. The molecule has 88 valence electrons. The van der Waals surface area contributed by atoms with Crippen LogP contribution < -0.4 is 11.3 Å². The minimum atomic E-state index is -2.96. The fourth-order valence-corrected chi connectivity index (χ4v) is 1.20. The summed E-state index contributed by atoms with van der Waals surface area (Å²) in [6.07, 6.45) is -2.96. The van der Waals surface area contributed by atoms with E-state index >= 15 is 0 Å². The van der Waals surface area contributed by atoms with Crippen molar-refractivity contribution in [3.8, 4) is 0 Å². The number of alkyl halides is 2. The molecule has 1 heterocycles. The molecular formula is C9H10F2N2O3. The van der Waals surface area contributed by atoms with Crippen LogP contribution in [0.2, 0.25) is 0 Å². The molecule has 1 aromatic heterocycles. The van der Waals surface area contributed by atoms with Crippen molar-refractivity contribution < 1.29 is 18.3 Å². The number of H-pyrrole nitrogens is 1. The summed E-state index contributed by atoms with van der Waals surface area (Å²) in [6, 6.07) is 0.803. The van der Waals surface area contributed by atoms with Crippen LogP contribution in [-0.4, -0.2) is 18.1 Å². The predicted octanol–water partition coefficient (Wildman–Crippen LogP) is 0.558. The van der Waals surface area contributed by atoms with Gasteiger partial charge in [-0.15, -0.1) is 0 Å². The third kappa shape index (κ3) is 2.25. The lowest BCUT2D eigenvalue weighted by Gasteiger charge is -2.07. The molecule has 0 fully saturated rings. The van der Waals surface area contributed by atoms with Crippen molar-refractivity contribution in [2.45, 2.75) is 13.0 Å². The molecule has 1 aromatic rings. The summed E-state index contributed by atoms with van der Waals surface area (Å²) in [4.78, 5) is 24.5. The summed E-state index contributed by atoms with van der Waals surface area (Å²) in [5.41, 5.74) is 3.46. The smallest absolute Gasteiger partial charge is 0.339 e. The number of pyridine rings is 1. The van der Waals surface area contributed by atoms with Gasteiger partial charge < -0.3 is 15.5 Å². The summed E-state index contributed by atoms with van der Waals surface area (Å²) in [5, 5.41) is 0. The van der Waals surface area contributed by atoms with Crippen LogP contribution in [0, 0.1) is 0 Å². The lowest BCUT2D eigenvalue weighted by atomic mass is 10.1. The van der Waals surface area contributed by atoms with Gasteiger partial charge in [-0.2, -0.15) is 0 Å². The van der Waals surface area contributed by atoms with Crippen LogP contribution in [0.3, 0.4) is 0 Å². The first-order chi connectivity index (χ1) is 7.51. The van der Waals surface area contributed by atoms with Gasteiger partial charge in [-0.25, -0.2) is 13.6 Å². The van der Waals surface area contributed by atoms with Crippen molar-refractivity contribution in [3.05, 3.63) is 33.2 Å². The van der Waals surface area contributed by atoms with Gasteiger partial charge in [0.1, 0.15) is 0 Å². The van der Waals surface area contributed by atoms with Crippen LogP contribution in [0.4, 0.5) is 8.78 Å². The molecule has 0 bridgehead atoms. The predicted molar refractivity (Wildman–Crippen MR) is 51.3 cm³/mol. The van der Waals surface area contributed by atoms with Crippen LogP contribution >= 0.6 is 0 Å². The van der Waals surface area contributed by atoms with Crippen molar-refractivity contribution in [3.63, 3.8) is 0 Å². The molecule has 0 aliphatic rings. The number of ether oxygens (including phenoxy) is 1. The van der Waals surface area contributed by atoms with Gasteiger partial charge in [0.2, 0.25) is 0 Å². The lowest BCUT2D eigenvalue weighted by Crippen LogP contribution is -2.21. The van der Waals surface area contributed by atoms with Crippen LogP contribution in [0.5, 0.6) is 0 Å². The normalized spacial score (nSPS) is 10.6. The third-order valence-corrected chi connectivity index (χ3v) is 2.00. The molecule has 0 saturated carbocycles. The number of hydrogen-bond donors (Lipinski definition) is 2. The average molecular weight is 232 g/mol. The Labute approximate surface area is 89.2 Å². The largest absolute Gasteiger partial charge is 0.465 e. The third-order valence-electron chi connectivity index (χ3n) is 2.00. The maximum atomic E-state index is 12.4. The van der Waals surface area contributed by atoms with Gasteiger partial charge in [0.15, 0.2) is 0 Å². The molecule has 0 aliphatic carbocycles. The summed E-state index contributed by atoms with van der Waals surface area (Å²) < 4.78 is 29.2. The Bertz CT molecular complexity index is 457. The van der Waals surface area contributed by atoms with Crippen molar-refractivity contribution in [2.75, 3.05) is 7.11 Å². The monoisotopic (exact) mass is 232 g/mol. The summed E-state index contributed by atoms with van der Waals surface area (Å²) >= 11 is 0. The lowest BCUT2D eigenvalue weighted by molar-refractivity contribution is 0.0598. The molecule has 5 nitrogen and oxygen atoms in total. The van der Waals surface area contributed by atoms with Gasteiger partial charge in [0.05, 0.1) is 18.2 Å². The number of nitrogens with one attached hydrogen (secondary N) is 1. The maximum Gasteiger partial charge on any atom is 0.339 e. The molecule has 0 aromatic carbocycles. The molecule has 0 atom stereocenters. The Kier molecular flexibility index (Phi) is 3.73. The maximum absolute atomic E-state index is 12.4. The average Bonchev–Trinajstić information content (AvgIpc) is 2.27. The Balaban J connectivity index is 3.40. The Morgan fingerprint density at radius 2 is 2.25 bits per heavy atom. The van der Waals surface area contributed by atoms with E-state index in [-0.39, 0.29) is 17.8 Å². The van der Waals surface area contributed by atoms with Crippen molar-refractivity contribution in [2.24, 2.45) is 5.73 Å². The fraction of sp³-hybridized carbons (Fsp3) is 0.333. The Morgan fingerprint density at radius 3 is 2.69 bits per heavy atom. The number of aromatic nitrogens is 1. The minimum Gasteiger partial charge on any atom is -0.465 e. The zero-order chi connectivity index (χ0) is 12.3. The molecule has 0 unspecified atom stereocenters. The molecule has 0 spiro atoms. The van der Waals surface area contributed by atoms with Crippen LogP contribution in [0.15, 0.2) is 10.9 Å². The molecule has 0 amide bonds. The number of carbonyl (C=O) groups excluding carboxylic acids is 1. The second-order valence-corrected chi connectivity index (χ2v) is 2.94. The van der Waals surface area contributed by atoms with Gasteiger partial charge in [-0.1, -0.05) is 0 Å². The van der Waals surface area contributed by atoms with Crippen LogP contribution in [0.1, 0.15) is 28.0 Å². The zero-order valence-corrected chi connectivity index (χ0v) is 8.42. The highest BCUT2D eigenvalue weighted by molar-refractivity contribution is 5.90. The van der Waals surface area contributed by atoms with E-state index in [1.165, 1.54) is 0 Å². The molecule has 0 saturated heterocycles. The highest BCUT2D eigenvalue weighted by atomic mass is 19.3. The first-order valence-corrected chi connectivity index (χ1v) is 4.33. The van der Waals surface area contributed by atoms with Gasteiger partial charge in [-0.05, 0) is 6.07 Å². The number of nitrogens with two attached hydrogens (primary N) is 1. The van der Waals surface area contributed by atoms with E-state index < -0.39 is 23.5 Å². The van der Waals surface area contributed by atoms with Crippen molar-refractivity contribution >= 4 is 5.97 Å². The van der Waals surface area contributed by atoms with E-state index in [0.717, 1.165) is 13.2 Å². The quantitative estimate of drug-likeness (QED) is 0.745. The molecular weight excluding hydrogens is 222 g/mol. The van der Waals surface area contributed by atoms with E-state index in [4.69, 9.17) is 5.73 Å².